The lowest BCUT2D eigenvalue weighted by Gasteiger charge is -1.98. The van der Waals surface area contributed by atoms with Gasteiger partial charge in [-0.05, 0) is 17.8 Å². The Morgan fingerprint density at radius 3 is 1.12 bits per heavy atom. The molecule has 0 heterocycles. The molecule has 0 N–H and O–H groups in total. The van der Waals surface area contributed by atoms with Gasteiger partial charge in [-0.1, -0.05) is 149 Å². The van der Waals surface area contributed by atoms with Gasteiger partial charge in [-0.3, -0.25) is 0 Å². The van der Waals surface area contributed by atoms with Crippen molar-refractivity contribution in [3.8, 4) is 0 Å². The van der Waals surface area contributed by atoms with E-state index in [9.17, 15) is 0 Å². The van der Waals surface area contributed by atoms with E-state index < -0.39 is 0 Å². The van der Waals surface area contributed by atoms with Crippen LogP contribution in [0.2, 0.25) is 0 Å². The van der Waals surface area contributed by atoms with Crippen molar-refractivity contribution in [1.82, 2.24) is 0 Å². The highest BCUT2D eigenvalue weighted by atomic mass is 14.1. The van der Waals surface area contributed by atoms with Crippen molar-refractivity contribution in [1.29, 1.82) is 0 Å². The second-order valence-electron chi connectivity index (χ2n) is 7.11. The molecule has 0 heteroatoms. The summed E-state index contributed by atoms with van der Waals surface area (Å²) >= 11 is 0. The Morgan fingerprint density at radius 1 is 0.680 bits per heavy atom. The van der Waals surface area contributed by atoms with Gasteiger partial charge in [-0.25, -0.2) is 0 Å². The Bertz CT molecular complexity index is 140. The van der Waals surface area contributed by atoms with Gasteiger partial charge >= 0.3 is 0 Å². The second-order valence-corrected chi connectivity index (χ2v) is 7.11. The third-order valence-corrected chi connectivity index (χ3v) is 3.64. The van der Waals surface area contributed by atoms with Crippen LogP contribution < -0.4 is 0 Å². The van der Waals surface area contributed by atoms with E-state index in [4.69, 9.17) is 0 Å². The van der Waals surface area contributed by atoms with E-state index in [0.29, 0.717) is 0 Å². The van der Waals surface area contributed by atoms with E-state index in [1.165, 1.54) is 57.8 Å². The molecule has 0 radical (unpaired) electrons. The molecular formula is C25H62. The van der Waals surface area contributed by atoms with Crippen molar-refractivity contribution < 1.29 is 0 Å². The normalized spacial score (nSPS) is 11.9. The van der Waals surface area contributed by atoms with Gasteiger partial charge in [0.05, 0.1) is 0 Å². The minimum absolute atomic E-state index is 0. The maximum atomic E-state index is 2.34. The fraction of sp³-hybridized carbons (Fsp3) is 1.00. The number of hydrogen-bond donors (Lipinski definition) is 0. The maximum Gasteiger partial charge on any atom is -0.0443 e. The summed E-state index contributed by atoms with van der Waals surface area (Å²) in [6.45, 7) is 23.9. The molecule has 0 saturated heterocycles. The van der Waals surface area contributed by atoms with Crippen LogP contribution in [0.3, 0.4) is 0 Å². The quantitative estimate of drug-likeness (QED) is 0.456. The van der Waals surface area contributed by atoms with Crippen LogP contribution in [0.5, 0.6) is 0 Å². The van der Waals surface area contributed by atoms with E-state index in [2.05, 4.69) is 48.5 Å². The van der Waals surface area contributed by atoms with Crippen molar-refractivity contribution in [3.05, 3.63) is 0 Å². The molecule has 0 aromatic carbocycles. The summed E-state index contributed by atoms with van der Waals surface area (Å²) in [4.78, 5) is 0. The van der Waals surface area contributed by atoms with Gasteiger partial charge < -0.3 is 0 Å². The number of rotatable bonds is 5. The Kier molecular flexibility index (Phi) is 62.5. The fourth-order valence-electron chi connectivity index (χ4n) is 2.32. The van der Waals surface area contributed by atoms with Crippen LogP contribution in [0.4, 0.5) is 0 Å². The third kappa shape index (κ3) is 59.3. The Labute approximate surface area is 167 Å². The summed E-state index contributed by atoms with van der Waals surface area (Å²) in [5, 5.41) is 0. The van der Waals surface area contributed by atoms with Gasteiger partial charge in [0.15, 0.2) is 0 Å². The van der Waals surface area contributed by atoms with E-state index in [1.54, 1.807) is 0 Å². The summed E-state index contributed by atoms with van der Waals surface area (Å²) in [5.41, 5.74) is 0. The minimum Gasteiger partial charge on any atom is -0.0776 e. The molecule has 0 amide bonds. The highest BCUT2D eigenvalue weighted by molar-refractivity contribution is 4.60. The molecule has 0 nitrogen and oxygen atoms in total. The topological polar surface area (TPSA) is 0 Å². The molecule has 0 aromatic heterocycles. The molecule has 0 aliphatic heterocycles. The highest BCUT2D eigenvalue weighted by Gasteiger charge is 2.07. The van der Waals surface area contributed by atoms with Gasteiger partial charge in [0, 0.05) is 0 Å². The summed E-state index contributed by atoms with van der Waals surface area (Å²) in [5.74, 6) is 2.85. The molecule has 0 atom stereocenters. The van der Waals surface area contributed by atoms with Crippen LogP contribution in [0.1, 0.15) is 149 Å². The van der Waals surface area contributed by atoms with Crippen LogP contribution in [-0.2, 0) is 0 Å². The van der Waals surface area contributed by atoms with E-state index >= 15 is 0 Å². The first-order chi connectivity index (χ1) is 10.9. The van der Waals surface area contributed by atoms with Gasteiger partial charge in [0.2, 0.25) is 0 Å². The van der Waals surface area contributed by atoms with Gasteiger partial charge in [-0.2, -0.15) is 0 Å². The van der Waals surface area contributed by atoms with Crippen molar-refractivity contribution in [2.45, 2.75) is 149 Å². The maximum absolute atomic E-state index is 2.34. The van der Waals surface area contributed by atoms with Crippen LogP contribution >= 0.6 is 0 Å². The Morgan fingerprint density at radius 2 is 1.04 bits per heavy atom. The molecule has 1 rings (SSSR count). The van der Waals surface area contributed by atoms with Crippen LogP contribution in [0.25, 0.3) is 0 Å². The predicted octanol–water partition coefficient (Wildman–Crippen LogP) is 10.8. The summed E-state index contributed by atoms with van der Waals surface area (Å²) < 4.78 is 0. The molecule has 0 bridgehead atoms. The molecule has 1 saturated carbocycles. The van der Waals surface area contributed by atoms with Crippen LogP contribution in [-0.4, -0.2) is 0 Å². The largest absolute Gasteiger partial charge is 0.0776 e. The highest BCUT2D eigenvalue weighted by Crippen LogP contribution is 2.22. The van der Waals surface area contributed by atoms with E-state index in [-0.39, 0.29) is 14.9 Å². The van der Waals surface area contributed by atoms with E-state index in [0.717, 1.165) is 17.8 Å². The molecule has 1 aliphatic rings. The molecule has 0 spiro atoms. The second kappa shape index (κ2) is 39.2. The summed E-state index contributed by atoms with van der Waals surface area (Å²) in [6, 6.07) is 0. The molecule has 1 fully saturated rings. The van der Waals surface area contributed by atoms with Crippen LogP contribution in [0, 0.1) is 17.8 Å². The Balaban J connectivity index is -0.0000000475. The van der Waals surface area contributed by atoms with Gasteiger partial charge in [0.1, 0.15) is 0 Å². The zero-order valence-corrected chi connectivity index (χ0v) is 19.1. The lowest BCUT2D eigenvalue weighted by molar-refractivity contribution is 0.550. The number of unbranched alkanes of at least 4 members (excludes halogenated alkanes) is 1. The molecule has 25 heavy (non-hydrogen) atoms. The monoisotopic (exact) mass is 362 g/mol. The SMILES string of the molecule is C.C.CC.CC.CC1CCCC1.CCCC(C)C.CCCCC(C)C. The fourth-order valence-corrected chi connectivity index (χ4v) is 2.32. The Hall–Kier alpha value is 0. The summed E-state index contributed by atoms with van der Waals surface area (Å²) in [6.07, 6.45) is 12.8. The van der Waals surface area contributed by atoms with Crippen molar-refractivity contribution >= 4 is 0 Å². The smallest absolute Gasteiger partial charge is 0.0443 e. The number of hydrogen-bond acceptors (Lipinski definition) is 0. The average Bonchev–Trinajstić information content (AvgIpc) is 3.01. The van der Waals surface area contributed by atoms with Crippen molar-refractivity contribution in [2.75, 3.05) is 0 Å². The van der Waals surface area contributed by atoms with Gasteiger partial charge in [-0.15, -0.1) is 0 Å². The van der Waals surface area contributed by atoms with Crippen molar-refractivity contribution in [2.24, 2.45) is 17.8 Å². The standard InChI is InChI=1S/C7H16.C6H12.C6H14.2C2H6.2CH4/c1-4-5-6-7(2)3;1-6-4-2-3-5-6;1-4-5-6(2)3;2*1-2;;/h7H,4-6H2,1-3H3;6H,2-5H2,1H3;6H,4-5H2,1-3H3;2*1-2H3;2*1H4. The first-order valence-electron chi connectivity index (χ1n) is 10.9. The lowest BCUT2D eigenvalue weighted by Crippen LogP contribution is -1.83. The van der Waals surface area contributed by atoms with Crippen LogP contribution in [0.15, 0.2) is 0 Å². The zero-order valence-electron chi connectivity index (χ0n) is 19.1. The molecule has 162 valence electrons. The van der Waals surface area contributed by atoms with Gasteiger partial charge in [0.25, 0.3) is 0 Å². The molecular weight excluding hydrogens is 300 g/mol. The first-order valence-corrected chi connectivity index (χ1v) is 10.9. The van der Waals surface area contributed by atoms with E-state index in [1.807, 2.05) is 27.7 Å². The third-order valence-electron chi connectivity index (χ3n) is 3.64. The zero-order chi connectivity index (χ0) is 19.1. The average molecular weight is 363 g/mol. The summed E-state index contributed by atoms with van der Waals surface area (Å²) in [7, 11) is 0. The molecule has 0 aromatic rings. The molecule has 1 aliphatic carbocycles. The van der Waals surface area contributed by atoms with Crippen molar-refractivity contribution in [3.63, 3.8) is 0 Å². The minimum atomic E-state index is 0. The first kappa shape index (κ1) is 39.9. The predicted molar refractivity (Wildman–Crippen MR) is 128 cm³/mol. The molecule has 0 unspecified atom stereocenters. The lowest BCUT2D eigenvalue weighted by atomic mass is 10.1.